The molecule has 0 radical (unpaired) electrons. The molecule has 0 fully saturated rings. The van der Waals surface area contributed by atoms with Crippen molar-refractivity contribution in [2.75, 3.05) is 7.11 Å². The van der Waals surface area contributed by atoms with Crippen LogP contribution in [0.4, 0.5) is 0 Å². The molecule has 0 saturated carbocycles. The van der Waals surface area contributed by atoms with E-state index < -0.39 is 17.9 Å². The minimum Gasteiger partial charge on any atom is -0.496 e. The van der Waals surface area contributed by atoms with Crippen LogP contribution in [-0.4, -0.2) is 35.9 Å². The maximum atomic E-state index is 12.4. The highest BCUT2D eigenvalue weighted by Crippen LogP contribution is 2.21. The minimum absolute atomic E-state index is 0.0805. The molecule has 0 saturated heterocycles. The van der Waals surface area contributed by atoms with E-state index in [1.165, 1.54) is 14.0 Å². The van der Waals surface area contributed by atoms with Crippen LogP contribution in [0.1, 0.15) is 28.4 Å². The van der Waals surface area contributed by atoms with Gasteiger partial charge in [-0.3, -0.25) is 9.59 Å². The average Bonchev–Trinajstić information content (AvgIpc) is 2.61. The van der Waals surface area contributed by atoms with Gasteiger partial charge >= 0.3 is 5.97 Å². The topological polar surface area (TPSA) is 92.7 Å². The Morgan fingerprint density at radius 1 is 1.12 bits per heavy atom. The summed E-state index contributed by atoms with van der Waals surface area (Å²) in [6.45, 7) is 1.44. The largest absolute Gasteiger partial charge is 0.496 e. The van der Waals surface area contributed by atoms with Crippen molar-refractivity contribution in [2.45, 2.75) is 25.8 Å². The summed E-state index contributed by atoms with van der Waals surface area (Å²) in [6.07, 6.45) is 0.107. The van der Waals surface area contributed by atoms with Crippen molar-refractivity contribution in [3.8, 4) is 5.75 Å². The average molecular weight is 355 g/mol. The molecule has 6 nitrogen and oxygen atoms in total. The van der Waals surface area contributed by atoms with Gasteiger partial charge in [0.2, 0.25) is 5.91 Å². The van der Waals surface area contributed by atoms with E-state index in [9.17, 15) is 19.5 Å². The van der Waals surface area contributed by atoms with Crippen LogP contribution >= 0.6 is 0 Å². The van der Waals surface area contributed by atoms with Crippen LogP contribution in [0.15, 0.2) is 48.5 Å². The van der Waals surface area contributed by atoms with E-state index >= 15 is 0 Å². The summed E-state index contributed by atoms with van der Waals surface area (Å²) < 4.78 is 5.22. The fourth-order valence-corrected chi connectivity index (χ4v) is 2.60. The summed E-state index contributed by atoms with van der Waals surface area (Å²) in [7, 11) is 1.47. The normalized spacial score (nSPS) is 11.5. The molecular formula is C20H21NO5. The van der Waals surface area contributed by atoms with Crippen LogP contribution in [0.5, 0.6) is 5.75 Å². The third-order valence-electron chi connectivity index (χ3n) is 3.95. The van der Waals surface area contributed by atoms with E-state index in [1.54, 1.807) is 18.2 Å². The summed E-state index contributed by atoms with van der Waals surface area (Å²) in [4.78, 5) is 35.4. The SMILES string of the molecule is COc1ccc(C(C)=O)cc1CC(=O)N[C@@H](Cc1ccccc1)C(=O)O. The van der Waals surface area contributed by atoms with Crippen molar-refractivity contribution >= 4 is 17.7 Å². The predicted molar refractivity (Wildman–Crippen MR) is 96.4 cm³/mol. The van der Waals surface area contributed by atoms with Gasteiger partial charge in [0.1, 0.15) is 11.8 Å². The van der Waals surface area contributed by atoms with Gasteiger partial charge < -0.3 is 15.2 Å². The summed E-state index contributed by atoms with van der Waals surface area (Å²) in [5.41, 5.74) is 1.81. The molecule has 2 rings (SSSR count). The monoisotopic (exact) mass is 355 g/mol. The molecule has 26 heavy (non-hydrogen) atoms. The second-order valence-electron chi connectivity index (χ2n) is 5.91. The predicted octanol–water partition coefficient (Wildman–Crippen LogP) is 2.25. The summed E-state index contributed by atoms with van der Waals surface area (Å²) in [5.74, 6) is -1.21. The molecule has 136 valence electrons. The standard InChI is InChI=1S/C20H21NO5/c1-13(22)15-8-9-18(26-2)16(11-15)12-19(23)21-17(20(24)25)10-14-6-4-3-5-7-14/h3-9,11,17H,10,12H2,1-2H3,(H,21,23)(H,24,25)/t17-/m0/s1. The van der Waals surface area contributed by atoms with E-state index in [4.69, 9.17) is 4.74 Å². The van der Waals surface area contributed by atoms with Gasteiger partial charge in [-0.2, -0.15) is 0 Å². The number of ketones is 1. The maximum Gasteiger partial charge on any atom is 0.326 e. The smallest absolute Gasteiger partial charge is 0.326 e. The molecule has 0 aliphatic carbocycles. The number of ether oxygens (including phenoxy) is 1. The fraction of sp³-hybridized carbons (Fsp3) is 0.250. The van der Waals surface area contributed by atoms with Gasteiger partial charge in [-0.1, -0.05) is 30.3 Å². The molecule has 2 aromatic rings. The zero-order valence-electron chi connectivity index (χ0n) is 14.7. The third-order valence-corrected chi connectivity index (χ3v) is 3.95. The van der Waals surface area contributed by atoms with Gasteiger partial charge in [-0.25, -0.2) is 4.79 Å². The molecule has 0 aliphatic heterocycles. The van der Waals surface area contributed by atoms with Gasteiger partial charge in [-0.05, 0) is 30.7 Å². The first-order valence-corrected chi connectivity index (χ1v) is 8.14. The second kappa shape index (κ2) is 8.80. The molecule has 6 heteroatoms. The molecule has 0 spiro atoms. The maximum absolute atomic E-state index is 12.4. The summed E-state index contributed by atoms with van der Waals surface area (Å²) >= 11 is 0. The number of benzene rings is 2. The fourth-order valence-electron chi connectivity index (χ4n) is 2.60. The van der Waals surface area contributed by atoms with Gasteiger partial charge in [-0.15, -0.1) is 0 Å². The highest BCUT2D eigenvalue weighted by molar-refractivity contribution is 5.95. The zero-order valence-corrected chi connectivity index (χ0v) is 14.7. The number of carboxylic acids is 1. The van der Waals surface area contributed by atoms with E-state index in [1.807, 2.05) is 30.3 Å². The molecule has 0 bridgehead atoms. The molecular weight excluding hydrogens is 334 g/mol. The van der Waals surface area contributed by atoms with Crippen LogP contribution < -0.4 is 10.1 Å². The third kappa shape index (κ3) is 5.17. The first-order chi connectivity index (χ1) is 12.4. The molecule has 0 aromatic heterocycles. The number of methoxy groups -OCH3 is 1. The van der Waals surface area contributed by atoms with Crippen LogP contribution in [-0.2, 0) is 22.4 Å². The number of nitrogens with one attached hydrogen (secondary N) is 1. The lowest BCUT2D eigenvalue weighted by molar-refractivity contribution is -0.141. The molecule has 1 atom stereocenters. The van der Waals surface area contributed by atoms with Crippen LogP contribution in [0, 0.1) is 0 Å². The Hall–Kier alpha value is -3.15. The number of aliphatic carboxylic acids is 1. The van der Waals surface area contributed by atoms with Gasteiger partial charge in [0.05, 0.1) is 13.5 Å². The van der Waals surface area contributed by atoms with E-state index in [0.29, 0.717) is 16.9 Å². The highest BCUT2D eigenvalue weighted by atomic mass is 16.5. The Morgan fingerprint density at radius 3 is 2.38 bits per heavy atom. The van der Waals surface area contributed by atoms with Crippen molar-refractivity contribution in [3.05, 3.63) is 65.2 Å². The first kappa shape index (κ1) is 19.2. The number of rotatable bonds is 8. The summed E-state index contributed by atoms with van der Waals surface area (Å²) in [5, 5.41) is 11.9. The zero-order chi connectivity index (χ0) is 19.1. The molecule has 0 unspecified atom stereocenters. The molecule has 2 aromatic carbocycles. The number of carbonyl (C=O) groups excluding carboxylic acids is 2. The number of carboxylic acid groups (broad SMARTS) is 1. The van der Waals surface area contributed by atoms with Gasteiger partial charge in [0.15, 0.2) is 5.78 Å². The van der Waals surface area contributed by atoms with E-state index in [2.05, 4.69) is 5.32 Å². The Morgan fingerprint density at radius 2 is 1.81 bits per heavy atom. The Kier molecular flexibility index (Phi) is 6.49. The van der Waals surface area contributed by atoms with Crippen LogP contribution in [0.25, 0.3) is 0 Å². The summed E-state index contributed by atoms with van der Waals surface area (Å²) in [6, 6.07) is 12.9. The van der Waals surface area contributed by atoms with Crippen molar-refractivity contribution in [1.82, 2.24) is 5.32 Å². The number of Topliss-reactive ketones (excluding diaryl/α,β-unsaturated/α-hetero) is 1. The molecule has 2 N–H and O–H groups in total. The van der Waals surface area contributed by atoms with E-state index in [0.717, 1.165) is 5.56 Å². The molecule has 1 amide bonds. The van der Waals surface area contributed by atoms with Gasteiger partial charge in [0.25, 0.3) is 0 Å². The number of amides is 1. The number of hydrogen-bond donors (Lipinski definition) is 2. The number of hydrogen-bond acceptors (Lipinski definition) is 4. The highest BCUT2D eigenvalue weighted by Gasteiger charge is 2.21. The molecule has 0 aliphatic rings. The Balaban J connectivity index is 2.11. The quantitative estimate of drug-likeness (QED) is 0.709. The van der Waals surface area contributed by atoms with E-state index in [-0.39, 0.29) is 18.6 Å². The second-order valence-corrected chi connectivity index (χ2v) is 5.91. The first-order valence-electron chi connectivity index (χ1n) is 8.14. The lowest BCUT2D eigenvalue weighted by Crippen LogP contribution is -2.43. The van der Waals surface area contributed by atoms with Crippen LogP contribution in [0.3, 0.4) is 0 Å². The Bertz CT molecular complexity index is 801. The van der Waals surface area contributed by atoms with Crippen molar-refractivity contribution in [2.24, 2.45) is 0 Å². The van der Waals surface area contributed by atoms with Crippen molar-refractivity contribution in [1.29, 1.82) is 0 Å². The lowest BCUT2D eigenvalue weighted by atomic mass is 10.0. The number of carbonyl (C=O) groups is 3. The molecule has 0 heterocycles. The van der Waals surface area contributed by atoms with Crippen LogP contribution in [0.2, 0.25) is 0 Å². The lowest BCUT2D eigenvalue weighted by Gasteiger charge is -2.16. The van der Waals surface area contributed by atoms with Crippen molar-refractivity contribution in [3.63, 3.8) is 0 Å². The van der Waals surface area contributed by atoms with Crippen molar-refractivity contribution < 1.29 is 24.2 Å². The van der Waals surface area contributed by atoms with Gasteiger partial charge in [0, 0.05) is 17.5 Å². The minimum atomic E-state index is -1.10. The Labute approximate surface area is 151 Å².